The molecule has 7 heteroatoms. The Morgan fingerprint density at radius 3 is 2.76 bits per heavy atom. The molecule has 0 aliphatic carbocycles. The van der Waals surface area contributed by atoms with E-state index in [1.165, 1.54) is 12.1 Å². The van der Waals surface area contributed by atoms with Crippen molar-refractivity contribution < 1.29 is 18.3 Å². The molecule has 0 amide bonds. The quantitative estimate of drug-likeness (QED) is 0.306. The van der Waals surface area contributed by atoms with Crippen LogP contribution in [-0.4, -0.2) is 22.1 Å². The van der Waals surface area contributed by atoms with Crippen molar-refractivity contribution in [2.45, 2.75) is 24.4 Å². The second kappa shape index (κ2) is 8.53. The van der Waals surface area contributed by atoms with E-state index in [4.69, 9.17) is 14.1 Å². The summed E-state index contributed by atoms with van der Waals surface area (Å²) >= 11 is 1.55. The summed E-state index contributed by atoms with van der Waals surface area (Å²) < 4.78 is 25.8. The molecule has 0 aliphatic heterocycles. The fourth-order valence-electron chi connectivity index (χ4n) is 3.00. The molecular weight excluding hydrogens is 391 g/mol. The lowest BCUT2D eigenvalue weighted by Crippen LogP contribution is -2.04. The largest absolute Gasteiger partial charge is 0.467 e. The lowest BCUT2D eigenvalue weighted by atomic mass is 10.2. The monoisotopic (exact) mass is 410 g/mol. The molecule has 0 saturated carbocycles. The van der Waals surface area contributed by atoms with Gasteiger partial charge >= 0.3 is 5.97 Å². The van der Waals surface area contributed by atoms with Crippen LogP contribution in [0, 0.1) is 5.82 Å². The highest BCUT2D eigenvalue weighted by Gasteiger charge is 2.16. The third-order valence-electron chi connectivity index (χ3n) is 4.40. The molecular formula is C22H19FN2O3S. The number of ether oxygens (including phenoxy) is 1. The number of aromatic nitrogens is 2. The van der Waals surface area contributed by atoms with Crippen molar-refractivity contribution in [1.82, 2.24) is 9.55 Å². The van der Waals surface area contributed by atoms with Crippen LogP contribution >= 0.6 is 11.8 Å². The van der Waals surface area contributed by atoms with Crippen molar-refractivity contribution in [2.24, 2.45) is 0 Å². The van der Waals surface area contributed by atoms with Gasteiger partial charge in [-0.15, -0.1) is 0 Å². The number of benzene rings is 2. The van der Waals surface area contributed by atoms with Crippen LogP contribution in [0.3, 0.4) is 0 Å². The molecule has 0 bridgehead atoms. The van der Waals surface area contributed by atoms with Gasteiger partial charge in [0.2, 0.25) is 0 Å². The normalized spacial score (nSPS) is 11.1. The van der Waals surface area contributed by atoms with E-state index >= 15 is 0 Å². The van der Waals surface area contributed by atoms with E-state index in [0.29, 0.717) is 30.0 Å². The van der Waals surface area contributed by atoms with E-state index in [-0.39, 0.29) is 11.8 Å². The number of furan rings is 1. The molecule has 2 aromatic heterocycles. The number of fused-ring (bicyclic) bond motifs is 1. The summed E-state index contributed by atoms with van der Waals surface area (Å²) in [5.41, 5.74) is 3.08. The van der Waals surface area contributed by atoms with Crippen molar-refractivity contribution in [1.29, 1.82) is 0 Å². The zero-order valence-corrected chi connectivity index (χ0v) is 16.6. The molecule has 148 valence electrons. The average Bonchev–Trinajstić information content (AvgIpc) is 3.36. The lowest BCUT2D eigenvalue weighted by Gasteiger charge is -2.08. The first kappa shape index (κ1) is 19.3. The predicted octanol–water partition coefficient (Wildman–Crippen LogP) is 5.29. The summed E-state index contributed by atoms with van der Waals surface area (Å²) in [5, 5.41) is 0.793. The smallest absolute Gasteiger partial charge is 0.338 e. The molecule has 29 heavy (non-hydrogen) atoms. The summed E-state index contributed by atoms with van der Waals surface area (Å²) in [6, 6.07) is 15.6. The van der Waals surface area contributed by atoms with E-state index in [0.717, 1.165) is 22.0 Å². The van der Waals surface area contributed by atoms with Gasteiger partial charge in [0.15, 0.2) is 5.16 Å². The molecule has 0 unspecified atom stereocenters. The first-order chi connectivity index (χ1) is 14.1. The molecule has 4 rings (SSSR count). The van der Waals surface area contributed by atoms with Crippen LogP contribution in [0.4, 0.5) is 4.39 Å². The third kappa shape index (κ3) is 4.35. The number of rotatable bonds is 7. The van der Waals surface area contributed by atoms with Crippen LogP contribution in [0.2, 0.25) is 0 Å². The predicted molar refractivity (Wildman–Crippen MR) is 109 cm³/mol. The zero-order chi connectivity index (χ0) is 20.2. The highest BCUT2D eigenvalue weighted by Crippen LogP contribution is 2.28. The van der Waals surface area contributed by atoms with Crippen LogP contribution in [0.1, 0.15) is 28.6 Å². The standard InChI is InChI=1S/C22H19FN2O3S/c1-2-27-21(26)16-7-10-20-19(12-16)24-22(25(20)13-18-4-3-11-28-18)29-14-15-5-8-17(23)9-6-15/h3-12H,2,13-14H2,1H3. The number of esters is 1. The number of carbonyl (C=O) groups excluding carboxylic acids is 1. The molecule has 5 nitrogen and oxygen atoms in total. The van der Waals surface area contributed by atoms with Gasteiger partial charge in [-0.3, -0.25) is 0 Å². The number of hydrogen-bond donors (Lipinski definition) is 0. The second-order valence-corrected chi connectivity index (χ2v) is 7.34. The first-order valence-corrected chi connectivity index (χ1v) is 10.2. The Kier molecular flexibility index (Phi) is 5.67. The van der Waals surface area contributed by atoms with Gasteiger partial charge in [0.1, 0.15) is 11.6 Å². The summed E-state index contributed by atoms with van der Waals surface area (Å²) in [4.78, 5) is 16.8. The van der Waals surface area contributed by atoms with Gasteiger partial charge in [0.25, 0.3) is 0 Å². The molecule has 0 spiro atoms. The van der Waals surface area contributed by atoms with Gasteiger partial charge in [-0.1, -0.05) is 23.9 Å². The number of nitrogens with zero attached hydrogens (tertiary/aromatic N) is 2. The Labute approximate surface area is 171 Å². The van der Waals surface area contributed by atoms with Gasteiger partial charge < -0.3 is 13.7 Å². The molecule has 0 aliphatic rings. The SMILES string of the molecule is CCOC(=O)c1ccc2c(c1)nc(SCc1ccc(F)cc1)n2Cc1ccco1. The maximum absolute atomic E-state index is 13.2. The first-order valence-electron chi connectivity index (χ1n) is 9.21. The highest BCUT2D eigenvalue weighted by molar-refractivity contribution is 7.98. The molecule has 2 aromatic carbocycles. The van der Waals surface area contributed by atoms with Gasteiger partial charge in [-0.05, 0) is 55.0 Å². The summed E-state index contributed by atoms with van der Waals surface area (Å²) in [7, 11) is 0. The highest BCUT2D eigenvalue weighted by atomic mass is 32.2. The number of thioether (sulfide) groups is 1. The molecule has 0 N–H and O–H groups in total. The minimum Gasteiger partial charge on any atom is -0.467 e. The number of imidazole rings is 1. The van der Waals surface area contributed by atoms with Gasteiger partial charge in [-0.25, -0.2) is 14.2 Å². The molecule has 2 heterocycles. The number of halogens is 1. The minimum absolute atomic E-state index is 0.254. The van der Waals surface area contributed by atoms with E-state index in [9.17, 15) is 9.18 Å². The lowest BCUT2D eigenvalue weighted by molar-refractivity contribution is 0.0526. The Morgan fingerprint density at radius 1 is 1.21 bits per heavy atom. The van der Waals surface area contributed by atoms with Crippen LogP contribution in [0.5, 0.6) is 0 Å². The fourth-order valence-corrected chi connectivity index (χ4v) is 3.97. The van der Waals surface area contributed by atoms with Crippen LogP contribution in [0.25, 0.3) is 11.0 Å². The Balaban J connectivity index is 1.67. The van der Waals surface area contributed by atoms with Crippen LogP contribution in [0.15, 0.2) is 70.4 Å². The van der Waals surface area contributed by atoms with E-state index in [1.807, 2.05) is 18.2 Å². The van der Waals surface area contributed by atoms with E-state index in [2.05, 4.69) is 4.57 Å². The summed E-state index contributed by atoms with van der Waals surface area (Å²) in [5.74, 6) is 0.833. The Bertz CT molecular complexity index is 1120. The molecule has 0 saturated heterocycles. The van der Waals surface area contributed by atoms with Crippen molar-refractivity contribution in [3.8, 4) is 0 Å². The topological polar surface area (TPSA) is 57.3 Å². The van der Waals surface area contributed by atoms with Crippen molar-refractivity contribution in [3.05, 3.63) is 83.6 Å². The van der Waals surface area contributed by atoms with E-state index in [1.54, 1.807) is 49.2 Å². The van der Waals surface area contributed by atoms with Crippen molar-refractivity contribution in [3.63, 3.8) is 0 Å². The second-order valence-electron chi connectivity index (χ2n) is 6.40. The minimum atomic E-state index is -0.365. The molecule has 4 aromatic rings. The molecule has 0 fully saturated rings. The van der Waals surface area contributed by atoms with Crippen LogP contribution < -0.4 is 0 Å². The maximum Gasteiger partial charge on any atom is 0.338 e. The van der Waals surface area contributed by atoms with Gasteiger partial charge in [0, 0.05) is 5.75 Å². The maximum atomic E-state index is 13.2. The molecule has 0 radical (unpaired) electrons. The summed E-state index contributed by atoms with van der Waals surface area (Å²) in [6.45, 7) is 2.62. The van der Waals surface area contributed by atoms with Crippen LogP contribution in [-0.2, 0) is 17.0 Å². The van der Waals surface area contributed by atoms with Gasteiger partial charge in [-0.2, -0.15) is 0 Å². The Hall–Kier alpha value is -3.06. The Morgan fingerprint density at radius 2 is 2.03 bits per heavy atom. The van der Waals surface area contributed by atoms with E-state index < -0.39 is 0 Å². The van der Waals surface area contributed by atoms with Crippen molar-refractivity contribution >= 4 is 28.8 Å². The fraction of sp³-hybridized carbons (Fsp3) is 0.182. The van der Waals surface area contributed by atoms with Gasteiger partial charge in [0.05, 0.1) is 36.0 Å². The number of hydrogen-bond acceptors (Lipinski definition) is 5. The average molecular weight is 410 g/mol. The third-order valence-corrected chi connectivity index (χ3v) is 5.45. The number of carbonyl (C=O) groups is 1. The zero-order valence-electron chi connectivity index (χ0n) is 15.8. The summed E-state index contributed by atoms with van der Waals surface area (Å²) in [6.07, 6.45) is 1.64. The van der Waals surface area contributed by atoms with Crippen molar-refractivity contribution in [2.75, 3.05) is 6.61 Å². The molecule has 0 atom stereocenters.